The van der Waals surface area contributed by atoms with Gasteiger partial charge in [0.05, 0.1) is 18.4 Å². The van der Waals surface area contributed by atoms with Crippen LogP contribution in [-0.2, 0) is 19.3 Å². The molecule has 0 aromatic heterocycles. The summed E-state index contributed by atoms with van der Waals surface area (Å²) >= 11 is 6.18. The molecule has 190 valence electrons. The van der Waals surface area contributed by atoms with Crippen LogP contribution in [0.3, 0.4) is 0 Å². The van der Waals surface area contributed by atoms with Gasteiger partial charge in [-0.2, -0.15) is 13.2 Å². The number of nitrogens with zero attached hydrogens (tertiary/aromatic N) is 2. The van der Waals surface area contributed by atoms with E-state index in [1.54, 1.807) is 19.2 Å². The number of carbonyl (C=O) groups is 1. The highest BCUT2D eigenvalue weighted by molar-refractivity contribution is 6.30. The average molecular weight is 518 g/mol. The van der Waals surface area contributed by atoms with Gasteiger partial charge in [0, 0.05) is 49.9 Å². The molecule has 0 bridgehead atoms. The number of ether oxygens (including phenoxy) is 1. The Morgan fingerprint density at radius 3 is 2.42 bits per heavy atom. The largest absolute Gasteiger partial charge is 0.495 e. The Balaban J connectivity index is 1.33. The molecule has 3 aromatic rings. The molecule has 1 fully saturated rings. The third-order valence-electron chi connectivity index (χ3n) is 6.16. The number of nitrogens with one attached hydrogen (secondary N) is 1. The van der Waals surface area contributed by atoms with Crippen LogP contribution in [0.2, 0.25) is 5.02 Å². The second-order valence-electron chi connectivity index (χ2n) is 8.66. The van der Waals surface area contributed by atoms with E-state index in [4.69, 9.17) is 16.3 Å². The van der Waals surface area contributed by atoms with Gasteiger partial charge in [0.15, 0.2) is 0 Å². The lowest BCUT2D eigenvalue weighted by molar-refractivity contribution is -0.137. The first-order valence-corrected chi connectivity index (χ1v) is 11.9. The number of alkyl halides is 3. The van der Waals surface area contributed by atoms with Gasteiger partial charge >= 0.3 is 6.18 Å². The summed E-state index contributed by atoms with van der Waals surface area (Å²) in [5.74, 6) is 0.462. The number of hydrogen-bond donors (Lipinski definition) is 1. The maximum Gasteiger partial charge on any atom is 0.416 e. The summed E-state index contributed by atoms with van der Waals surface area (Å²) in [5.41, 5.74) is 2.11. The van der Waals surface area contributed by atoms with E-state index in [2.05, 4.69) is 15.1 Å². The molecule has 3 aromatic carbocycles. The molecule has 1 aliphatic rings. The number of hydrogen-bond acceptors (Lipinski definition) is 4. The van der Waals surface area contributed by atoms with Gasteiger partial charge in [0.1, 0.15) is 5.75 Å². The minimum atomic E-state index is -4.42. The van der Waals surface area contributed by atoms with E-state index < -0.39 is 11.7 Å². The van der Waals surface area contributed by atoms with Crippen molar-refractivity contribution in [2.75, 3.05) is 38.2 Å². The van der Waals surface area contributed by atoms with Crippen molar-refractivity contribution in [2.45, 2.75) is 19.3 Å². The summed E-state index contributed by atoms with van der Waals surface area (Å²) < 4.78 is 44.2. The summed E-state index contributed by atoms with van der Waals surface area (Å²) in [7, 11) is 1.64. The number of benzene rings is 3. The second kappa shape index (κ2) is 11.2. The molecule has 0 atom stereocenters. The SMILES string of the molecule is COc1ccc(Cl)cc1N1CCN(Cc2cccc(C(=O)NCc3cccc(C(F)(F)F)c3)c2)CC1. The Hall–Kier alpha value is -3.23. The number of halogens is 4. The monoisotopic (exact) mass is 517 g/mol. The summed E-state index contributed by atoms with van der Waals surface area (Å²) in [5, 5.41) is 3.38. The van der Waals surface area contributed by atoms with Gasteiger partial charge in [-0.05, 0) is 53.6 Å². The first-order valence-electron chi connectivity index (χ1n) is 11.6. The third-order valence-corrected chi connectivity index (χ3v) is 6.39. The van der Waals surface area contributed by atoms with Crippen molar-refractivity contribution in [1.29, 1.82) is 0 Å². The normalized spacial score (nSPS) is 14.5. The van der Waals surface area contributed by atoms with E-state index >= 15 is 0 Å². The molecule has 1 saturated heterocycles. The molecular weight excluding hydrogens is 491 g/mol. The van der Waals surface area contributed by atoms with Crippen molar-refractivity contribution in [3.05, 3.63) is 94.0 Å². The molecule has 9 heteroatoms. The number of anilines is 1. The average Bonchev–Trinajstić information content (AvgIpc) is 2.87. The Kier molecular flexibility index (Phi) is 8.06. The van der Waals surface area contributed by atoms with Crippen molar-refractivity contribution in [1.82, 2.24) is 10.2 Å². The van der Waals surface area contributed by atoms with E-state index in [1.807, 2.05) is 36.4 Å². The molecule has 0 unspecified atom stereocenters. The molecule has 1 aliphatic heterocycles. The summed E-state index contributed by atoms with van der Waals surface area (Å²) in [6.45, 7) is 4.00. The fourth-order valence-electron chi connectivity index (χ4n) is 4.27. The zero-order chi connectivity index (χ0) is 25.7. The number of piperazine rings is 1. The Labute approximate surface area is 213 Å². The van der Waals surface area contributed by atoms with Crippen molar-refractivity contribution in [3.63, 3.8) is 0 Å². The number of rotatable bonds is 7. The zero-order valence-corrected chi connectivity index (χ0v) is 20.6. The minimum absolute atomic E-state index is 0.0158. The van der Waals surface area contributed by atoms with Crippen molar-refractivity contribution in [2.24, 2.45) is 0 Å². The van der Waals surface area contributed by atoms with Gasteiger partial charge in [0.25, 0.3) is 5.91 Å². The lowest BCUT2D eigenvalue weighted by Gasteiger charge is -2.36. The first kappa shape index (κ1) is 25.9. The predicted molar refractivity (Wildman–Crippen MR) is 135 cm³/mol. The van der Waals surface area contributed by atoms with E-state index in [1.165, 1.54) is 6.07 Å². The van der Waals surface area contributed by atoms with Crippen molar-refractivity contribution >= 4 is 23.2 Å². The maximum absolute atomic E-state index is 12.9. The van der Waals surface area contributed by atoms with Crippen LogP contribution in [0.15, 0.2) is 66.7 Å². The Morgan fingerprint density at radius 2 is 1.69 bits per heavy atom. The van der Waals surface area contributed by atoms with Gasteiger partial charge in [-0.3, -0.25) is 9.69 Å². The topological polar surface area (TPSA) is 44.8 Å². The molecule has 0 saturated carbocycles. The van der Waals surface area contributed by atoms with Gasteiger partial charge in [0.2, 0.25) is 0 Å². The van der Waals surface area contributed by atoms with E-state index in [0.717, 1.165) is 55.3 Å². The highest BCUT2D eigenvalue weighted by Crippen LogP contribution is 2.32. The molecule has 36 heavy (non-hydrogen) atoms. The van der Waals surface area contributed by atoms with Crippen LogP contribution in [0.1, 0.15) is 27.0 Å². The van der Waals surface area contributed by atoms with Gasteiger partial charge in [-0.1, -0.05) is 35.9 Å². The van der Waals surface area contributed by atoms with Crippen LogP contribution in [0.4, 0.5) is 18.9 Å². The third kappa shape index (κ3) is 6.50. The van der Waals surface area contributed by atoms with Crippen LogP contribution >= 0.6 is 11.6 Å². The highest BCUT2D eigenvalue weighted by Gasteiger charge is 2.30. The Bertz CT molecular complexity index is 1210. The van der Waals surface area contributed by atoms with Gasteiger partial charge < -0.3 is 15.0 Å². The lowest BCUT2D eigenvalue weighted by atomic mass is 10.1. The van der Waals surface area contributed by atoms with E-state index in [-0.39, 0.29) is 12.5 Å². The van der Waals surface area contributed by atoms with Crippen LogP contribution < -0.4 is 15.0 Å². The number of methoxy groups -OCH3 is 1. The molecule has 1 N–H and O–H groups in total. The van der Waals surface area contributed by atoms with Crippen LogP contribution in [-0.4, -0.2) is 44.1 Å². The quantitative estimate of drug-likeness (QED) is 0.442. The first-order chi connectivity index (χ1) is 17.2. The fraction of sp³-hybridized carbons (Fsp3) is 0.296. The van der Waals surface area contributed by atoms with E-state index in [9.17, 15) is 18.0 Å². The molecule has 4 rings (SSSR count). The number of carbonyl (C=O) groups excluding carboxylic acids is 1. The highest BCUT2D eigenvalue weighted by atomic mass is 35.5. The molecule has 0 spiro atoms. The van der Waals surface area contributed by atoms with Crippen LogP contribution in [0, 0.1) is 0 Å². The molecule has 1 amide bonds. The minimum Gasteiger partial charge on any atom is -0.495 e. The molecular formula is C27H27ClF3N3O2. The predicted octanol–water partition coefficient (Wildman–Crippen LogP) is 5.62. The maximum atomic E-state index is 12.9. The lowest BCUT2D eigenvalue weighted by Crippen LogP contribution is -2.46. The van der Waals surface area contributed by atoms with Crippen molar-refractivity contribution < 1.29 is 22.7 Å². The zero-order valence-electron chi connectivity index (χ0n) is 19.8. The smallest absolute Gasteiger partial charge is 0.416 e. The second-order valence-corrected chi connectivity index (χ2v) is 9.10. The molecule has 5 nitrogen and oxygen atoms in total. The molecule has 0 radical (unpaired) electrons. The molecule has 0 aliphatic carbocycles. The standard InChI is InChI=1S/C27H27ClF3N3O2/c1-36-25-9-8-23(28)16-24(25)34-12-10-33(11-13-34)18-20-5-2-6-21(14-20)26(35)32-17-19-4-3-7-22(15-19)27(29,30)31/h2-9,14-16H,10-13,17-18H2,1H3,(H,32,35). The summed E-state index contributed by atoms with van der Waals surface area (Å²) in [6, 6.07) is 17.9. The van der Waals surface area contributed by atoms with E-state index in [0.29, 0.717) is 22.7 Å². The fourth-order valence-corrected chi connectivity index (χ4v) is 4.43. The van der Waals surface area contributed by atoms with Crippen LogP contribution in [0.5, 0.6) is 5.75 Å². The number of amides is 1. The Morgan fingerprint density at radius 1 is 0.972 bits per heavy atom. The van der Waals surface area contributed by atoms with Crippen LogP contribution in [0.25, 0.3) is 0 Å². The molecule has 1 heterocycles. The van der Waals surface area contributed by atoms with Crippen molar-refractivity contribution in [3.8, 4) is 5.75 Å². The van der Waals surface area contributed by atoms with Gasteiger partial charge in [-0.25, -0.2) is 0 Å². The summed E-state index contributed by atoms with van der Waals surface area (Å²) in [4.78, 5) is 17.2. The summed E-state index contributed by atoms with van der Waals surface area (Å²) in [6.07, 6.45) is -4.42. The van der Waals surface area contributed by atoms with Gasteiger partial charge in [-0.15, -0.1) is 0 Å².